The Kier molecular flexibility index (Phi) is 6.01. The summed E-state index contributed by atoms with van der Waals surface area (Å²) in [5, 5.41) is 10.5. The highest BCUT2D eigenvalue weighted by molar-refractivity contribution is 5.64. The number of ether oxygens (including phenoxy) is 2. The lowest BCUT2D eigenvalue weighted by molar-refractivity contribution is 0.112. The summed E-state index contributed by atoms with van der Waals surface area (Å²) >= 11 is 0. The van der Waals surface area contributed by atoms with Crippen LogP contribution in [0.5, 0.6) is 11.5 Å². The molecule has 0 fully saturated rings. The summed E-state index contributed by atoms with van der Waals surface area (Å²) in [5.41, 5.74) is 4.79. The zero-order valence-corrected chi connectivity index (χ0v) is 16.8. The number of hydrogen-bond donors (Lipinski definition) is 1. The van der Waals surface area contributed by atoms with Crippen molar-refractivity contribution in [3.8, 4) is 22.6 Å². The Morgan fingerprint density at radius 3 is 2.41 bits per heavy atom. The van der Waals surface area contributed by atoms with Gasteiger partial charge in [0.1, 0.15) is 24.2 Å². The van der Waals surface area contributed by atoms with Crippen LogP contribution in [0, 0.1) is 0 Å². The van der Waals surface area contributed by atoms with Crippen molar-refractivity contribution in [3.05, 3.63) is 78.4 Å². The first-order valence-electron chi connectivity index (χ1n) is 10.1. The highest BCUT2D eigenvalue weighted by Crippen LogP contribution is 2.30. The van der Waals surface area contributed by atoms with Gasteiger partial charge < -0.3 is 19.5 Å². The molecule has 1 atom stereocenters. The molecule has 0 saturated heterocycles. The number of aliphatic hydroxyl groups is 1. The van der Waals surface area contributed by atoms with Crippen molar-refractivity contribution < 1.29 is 14.6 Å². The van der Waals surface area contributed by atoms with E-state index in [0.29, 0.717) is 6.54 Å². The highest BCUT2D eigenvalue weighted by Gasteiger charge is 2.20. The van der Waals surface area contributed by atoms with Crippen molar-refractivity contribution in [2.75, 3.05) is 31.7 Å². The van der Waals surface area contributed by atoms with E-state index < -0.39 is 6.10 Å². The van der Waals surface area contributed by atoms with E-state index >= 15 is 0 Å². The van der Waals surface area contributed by atoms with Crippen LogP contribution in [-0.4, -0.2) is 38.0 Å². The standard InChI is InChI=1S/C25H27NO3/c1-28-24-13-14-25-21(16-24)8-5-15-26(25)17-22(27)18-29-23-11-9-20(10-12-23)19-6-3-2-4-7-19/h2-4,6-7,9-14,16,22,27H,5,8,15,17-18H2,1H3/t22-/m0/s1. The lowest BCUT2D eigenvalue weighted by Crippen LogP contribution is -2.38. The van der Waals surface area contributed by atoms with E-state index in [1.54, 1.807) is 7.11 Å². The number of nitrogens with zero attached hydrogens (tertiary/aromatic N) is 1. The first kappa shape index (κ1) is 19.3. The molecule has 1 aliphatic heterocycles. The summed E-state index contributed by atoms with van der Waals surface area (Å²) in [5.74, 6) is 1.65. The predicted molar refractivity (Wildman–Crippen MR) is 117 cm³/mol. The van der Waals surface area contributed by atoms with Crippen LogP contribution in [0.15, 0.2) is 72.8 Å². The first-order chi connectivity index (χ1) is 14.2. The molecule has 150 valence electrons. The molecular formula is C25H27NO3. The number of methoxy groups -OCH3 is 1. The molecule has 0 saturated carbocycles. The summed E-state index contributed by atoms with van der Waals surface area (Å²) in [6.07, 6.45) is 1.56. The Morgan fingerprint density at radius 2 is 1.66 bits per heavy atom. The van der Waals surface area contributed by atoms with E-state index in [-0.39, 0.29) is 6.61 Å². The fourth-order valence-electron chi connectivity index (χ4n) is 3.84. The maximum Gasteiger partial charge on any atom is 0.119 e. The third-order valence-corrected chi connectivity index (χ3v) is 5.34. The number of hydrogen-bond acceptors (Lipinski definition) is 4. The molecule has 3 aromatic carbocycles. The lowest BCUT2D eigenvalue weighted by Gasteiger charge is -2.33. The van der Waals surface area contributed by atoms with Crippen molar-refractivity contribution >= 4 is 5.69 Å². The Balaban J connectivity index is 1.33. The second-order valence-electron chi connectivity index (χ2n) is 7.40. The number of β-amino-alcohol motifs (C(OH)–C–C–N with tert-alkyl or cyclic N) is 1. The van der Waals surface area contributed by atoms with E-state index in [1.165, 1.54) is 16.8 Å². The van der Waals surface area contributed by atoms with Gasteiger partial charge in [-0.15, -0.1) is 0 Å². The van der Waals surface area contributed by atoms with Crippen LogP contribution in [0.4, 0.5) is 5.69 Å². The molecule has 1 N–H and O–H groups in total. The Hall–Kier alpha value is -2.98. The molecule has 0 aliphatic carbocycles. The summed E-state index contributed by atoms with van der Waals surface area (Å²) in [6, 6.07) is 24.4. The first-order valence-corrected chi connectivity index (χ1v) is 10.1. The van der Waals surface area contributed by atoms with Crippen LogP contribution >= 0.6 is 0 Å². The monoisotopic (exact) mass is 389 g/mol. The van der Waals surface area contributed by atoms with Crippen LogP contribution in [0.25, 0.3) is 11.1 Å². The molecule has 0 spiro atoms. The Labute approximate surface area is 172 Å². The van der Waals surface area contributed by atoms with Crippen molar-refractivity contribution in [2.24, 2.45) is 0 Å². The molecule has 1 aliphatic rings. The van der Waals surface area contributed by atoms with E-state index in [4.69, 9.17) is 9.47 Å². The molecule has 29 heavy (non-hydrogen) atoms. The molecular weight excluding hydrogens is 362 g/mol. The van der Waals surface area contributed by atoms with Crippen LogP contribution < -0.4 is 14.4 Å². The molecule has 0 radical (unpaired) electrons. The molecule has 4 heteroatoms. The summed E-state index contributed by atoms with van der Waals surface area (Å²) in [4.78, 5) is 2.24. The molecule has 4 rings (SSSR count). The summed E-state index contributed by atoms with van der Waals surface area (Å²) in [7, 11) is 1.69. The lowest BCUT2D eigenvalue weighted by atomic mass is 10.0. The van der Waals surface area contributed by atoms with Gasteiger partial charge in [0.2, 0.25) is 0 Å². The average molecular weight is 389 g/mol. The van der Waals surface area contributed by atoms with Crippen LogP contribution in [0.2, 0.25) is 0 Å². The van der Waals surface area contributed by atoms with Crippen molar-refractivity contribution in [1.29, 1.82) is 0 Å². The van der Waals surface area contributed by atoms with Gasteiger partial charge in [-0.1, -0.05) is 42.5 Å². The van der Waals surface area contributed by atoms with Gasteiger partial charge in [0.25, 0.3) is 0 Å². The maximum absolute atomic E-state index is 10.5. The summed E-state index contributed by atoms with van der Waals surface area (Å²) in [6.45, 7) is 1.77. The fraction of sp³-hybridized carbons (Fsp3) is 0.280. The smallest absolute Gasteiger partial charge is 0.119 e. The molecule has 0 bridgehead atoms. The van der Waals surface area contributed by atoms with Crippen molar-refractivity contribution in [2.45, 2.75) is 18.9 Å². The number of aliphatic hydroxyl groups excluding tert-OH is 1. The Bertz CT molecular complexity index is 925. The minimum atomic E-state index is -0.558. The van der Waals surface area contributed by atoms with Crippen molar-refractivity contribution in [3.63, 3.8) is 0 Å². The molecule has 1 heterocycles. The van der Waals surface area contributed by atoms with E-state index in [2.05, 4.69) is 29.2 Å². The number of benzene rings is 3. The van der Waals surface area contributed by atoms with Gasteiger partial charge in [0.05, 0.1) is 7.11 Å². The van der Waals surface area contributed by atoms with Crippen LogP contribution in [0.1, 0.15) is 12.0 Å². The highest BCUT2D eigenvalue weighted by atomic mass is 16.5. The quantitative estimate of drug-likeness (QED) is 0.643. The normalized spacial score (nSPS) is 14.2. The third kappa shape index (κ3) is 4.72. The van der Waals surface area contributed by atoms with Crippen molar-refractivity contribution in [1.82, 2.24) is 0 Å². The molecule has 3 aromatic rings. The number of aryl methyl sites for hydroxylation is 1. The number of fused-ring (bicyclic) bond motifs is 1. The largest absolute Gasteiger partial charge is 0.497 e. The molecule has 0 amide bonds. The number of rotatable bonds is 7. The second kappa shape index (κ2) is 9.01. The molecule has 0 unspecified atom stereocenters. The SMILES string of the molecule is COc1ccc2c(c1)CCCN2C[C@H](O)COc1ccc(-c2ccccc2)cc1. The minimum absolute atomic E-state index is 0.271. The van der Waals surface area contributed by atoms with Gasteiger partial charge in [0, 0.05) is 18.8 Å². The average Bonchev–Trinajstić information content (AvgIpc) is 2.78. The Morgan fingerprint density at radius 1 is 0.931 bits per heavy atom. The van der Waals surface area contributed by atoms with Gasteiger partial charge >= 0.3 is 0 Å². The van der Waals surface area contributed by atoms with E-state index in [1.807, 2.05) is 48.5 Å². The van der Waals surface area contributed by atoms with Gasteiger partial charge in [-0.2, -0.15) is 0 Å². The predicted octanol–water partition coefficient (Wildman–Crippen LogP) is 4.55. The second-order valence-corrected chi connectivity index (χ2v) is 7.40. The zero-order valence-electron chi connectivity index (χ0n) is 16.8. The van der Waals surface area contributed by atoms with Gasteiger partial charge in [-0.25, -0.2) is 0 Å². The molecule has 0 aromatic heterocycles. The summed E-state index contributed by atoms with van der Waals surface area (Å²) < 4.78 is 11.2. The minimum Gasteiger partial charge on any atom is -0.497 e. The van der Waals surface area contributed by atoms with E-state index in [9.17, 15) is 5.11 Å². The molecule has 4 nitrogen and oxygen atoms in total. The van der Waals surface area contributed by atoms with E-state index in [0.717, 1.165) is 36.4 Å². The maximum atomic E-state index is 10.5. The zero-order chi connectivity index (χ0) is 20.1. The van der Waals surface area contributed by atoms with Crippen LogP contribution in [-0.2, 0) is 6.42 Å². The fourth-order valence-corrected chi connectivity index (χ4v) is 3.84. The van der Waals surface area contributed by atoms with Crippen LogP contribution in [0.3, 0.4) is 0 Å². The third-order valence-electron chi connectivity index (χ3n) is 5.34. The van der Waals surface area contributed by atoms with Gasteiger partial charge in [-0.3, -0.25) is 0 Å². The topological polar surface area (TPSA) is 41.9 Å². The number of anilines is 1. The van der Waals surface area contributed by atoms with Gasteiger partial charge in [-0.05, 0) is 59.9 Å². The van der Waals surface area contributed by atoms with Gasteiger partial charge in [0.15, 0.2) is 0 Å².